The molecule has 3 nitrogen and oxygen atoms in total. The molecule has 3 aromatic rings. The lowest BCUT2D eigenvalue weighted by molar-refractivity contribution is -0.129. The summed E-state index contributed by atoms with van der Waals surface area (Å²) in [4.78, 5) is 14.9. The van der Waals surface area contributed by atoms with Gasteiger partial charge in [0.05, 0.1) is 6.04 Å². The van der Waals surface area contributed by atoms with Crippen molar-refractivity contribution in [2.45, 2.75) is 32.7 Å². The molecule has 1 atom stereocenters. The fourth-order valence-corrected chi connectivity index (χ4v) is 4.09. The zero-order valence-electron chi connectivity index (χ0n) is 17.5. The third-order valence-corrected chi connectivity index (χ3v) is 5.85. The first-order valence-corrected chi connectivity index (χ1v) is 10.5. The van der Waals surface area contributed by atoms with Crippen LogP contribution in [0.3, 0.4) is 0 Å². The Balaban J connectivity index is 1.73. The Bertz CT molecular complexity index is 1050. The van der Waals surface area contributed by atoms with Crippen molar-refractivity contribution in [3.63, 3.8) is 0 Å². The van der Waals surface area contributed by atoms with E-state index in [1.807, 2.05) is 49.4 Å². The van der Waals surface area contributed by atoms with Gasteiger partial charge in [0.15, 0.2) is 5.76 Å². The van der Waals surface area contributed by atoms with E-state index in [1.54, 1.807) is 4.90 Å². The van der Waals surface area contributed by atoms with Gasteiger partial charge in [0.1, 0.15) is 0 Å². The zero-order valence-corrected chi connectivity index (χ0v) is 17.5. The number of hydrogen-bond acceptors (Lipinski definition) is 2. The number of aryl methyl sites for hydroxylation is 2. The molecule has 1 heterocycles. The average Bonchev–Trinajstić information content (AvgIpc) is 3.04. The van der Waals surface area contributed by atoms with Crippen molar-refractivity contribution in [3.8, 4) is 0 Å². The second-order valence-electron chi connectivity index (χ2n) is 7.86. The van der Waals surface area contributed by atoms with Crippen LogP contribution in [0, 0.1) is 6.92 Å². The van der Waals surface area contributed by atoms with Gasteiger partial charge in [-0.3, -0.25) is 4.79 Å². The SMILES string of the molecule is CCc1ccc(C2C(c3ccc(C)cc3)=C(O)C(=O)N2CCc2ccccc2)cc1. The highest BCUT2D eigenvalue weighted by molar-refractivity contribution is 6.05. The van der Waals surface area contributed by atoms with Gasteiger partial charge < -0.3 is 10.0 Å². The number of aliphatic hydroxyl groups is 1. The van der Waals surface area contributed by atoms with Crippen LogP contribution in [0.15, 0.2) is 84.6 Å². The number of benzene rings is 3. The Morgan fingerprint density at radius 1 is 0.867 bits per heavy atom. The molecule has 1 aliphatic rings. The number of aliphatic hydroxyl groups excluding tert-OH is 1. The van der Waals surface area contributed by atoms with Crippen LogP contribution in [-0.4, -0.2) is 22.5 Å². The van der Waals surface area contributed by atoms with Crippen LogP contribution in [0.5, 0.6) is 0 Å². The summed E-state index contributed by atoms with van der Waals surface area (Å²) in [5, 5.41) is 10.9. The van der Waals surface area contributed by atoms with E-state index in [2.05, 4.69) is 43.3 Å². The summed E-state index contributed by atoms with van der Waals surface area (Å²) in [5.41, 5.74) is 6.18. The molecule has 0 saturated carbocycles. The molecule has 1 N–H and O–H groups in total. The minimum Gasteiger partial charge on any atom is -0.503 e. The van der Waals surface area contributed by atoms with E-state index in [4.69, 9.17) is 0 Å². The molecule has 1 unspecified atom stereocenters. The lowest BCUT2D eigenvalue weighted by atomic mass is 9.92. The van der Waals surface area contributed by atoms with E-state index in [0.29, 0.717) is 12.1 Å². The van der Waals surface area contributed by atoms with Crippen molar-refractivity contribution in [2.24, 2.45) is 0 Å². The second-order valence-corrected chi connectivity index (χ2v) is 7.86. The number of amides is 1. The molecule has 0 radical (unpaired) electrons. The summed E-state index contributed by atoms with van der Waals surface area (Å²) in [6, 6.07) is 26.2. The van der Waals surface area contributed by atoms with Crippen LogP contribution < -0.4 is 0 Å². The van der Waals surface area contributed by atoms with E-state index in [1.165, 1.54) is 11.1 Å². The minimum absolute atomic E-state index is 0.142. The first-order chi connectivity index (χ1) is 14.6. The quantitative estimate of drug-likeness (QED) is 0.584. The number of nitrogens with zero attached hydrogens (tertiary/aromatic N) is 1. The normalized spacial score (nSPS) is 16.4. The van der Waals surface area contributed by atoms with Crippen LogP contribution in [-0.2, 0) is 17.6 Å². The highest BCUT2D eigenvalue weighted by Crippen LogP contribution is 2.43. The Morgan fingerprint density at radius 3 is 2.17 bits per heavy atom. The van der Waals surface area contributed by atoms with Gasteiger partial charge in [0.25, 0.3) is 5.91 Å². The third kappa shape index (κ3) is 3.88. The van der Waals surface area contributed by atoms with Gasteiger partial charge in [-0.15, -0.1) is 0 Å². The van der Waals surface area contributed by atoms with Crippen LogP contribution >= 0.6 is 0 Å². The Hall–Kier alpha value is -3.33. The lowest BCUT2D eigenvalue weighted by Gasteiger charge is -2.27. The van der Waals surface area contributed by atoms with Crippen molar-refractivity contribution in [1.82, 2.24) is 4.90 Å². The van der Waals surface area contributed by atoms with Crippen molar-refractivity contribution < 1.29 is 9.90 Å². The highest BCUT2D eigenvalue weighted by Gasteiger charge is 2.40. The molecule has 3 aromatic carbocycles. The smallest absolute Gasteiger partial charge is 0.289 e. The van der Waals surface area contributed by atoms with E-state index in [0.717, 1.165) is 29.5 Å². The molecule has 0 aromatic heterocycles. The summed E-state index contributed by atoms with van der Waals surface area (Å²) in [6.45, 7) is 4.71. The van der Waals surface area contributed by atoms with Gasteiger partial charge in [-0.25, -0.2) is 0 Å². The fraction of sp³-hybridized carbons (Fsp3) is 0.222. The minimum atomic E-state index is -0.300. The van der Waals surface area contributed by atoms with Gasteiger partial charge >= 0.3 is 0 Å². The van der Waals surface area contributed by atoms with Crippen molar-refractivity contribution in [2.75, 3.05) is 6.54 Å². The molecule has 152 valence electrons. The Morgan fingerprint density at radius 2 is 1.53 bits per heavy atom. The summed E-state index contributed by atoms with van der Waals surface area (Å²) in [7, 11) is 0. The molecule has 0 spiro atoms. The van der Waals surface area contributed by atoms with Crippen molar-refractivity contribution >= 4 is 11.5 Å². The van der Waals surface area contributed by atoms with E-state index >= 15 is 0 Å². The first kappa shape index (κ1) is 20.0. The molecule has 3 heteroatoms. The number of rotatable bonds is 6. The van der Waals surface area contributed by atoms with Gasteiger partial charge in [-0.1, -0.05) is 91.3 Å². The average molecular weight is 398 g/mol. The molecule has 0 bridgehead atoms. The summed E-state index contributed by atoms with van der Waals surface area (Å²) in [6.07, 6.45) is 1.71. The second kappa shape index (κ2) is 8.58. The topological polar surface area (TPSA) is 40.5 Å². The van der Waals surface area contributed by atoms with Crippen LogP contribution in [0.4, 0.5) is 0 Å². The van der Waals surface area contributed by atoms with E-state index in [-0.39, 0.29) is 17.7 Å². The summed E-state index contributed by atoms with van der Waals surface area (Å²) >= 11 is 0. The van der Waals surface area contributed by atoms with Crippen molar-refractivity contribution in [1.29, 1.82) is 0 Å². The van der Waals surface area contributed by atoms with Crippen molar-refractivity contribution in [3.05, 3.63) is 112 Å². The number of carbonyl (C=O) groups excluding carboxylic acids is 1. The first-order valence-electron chi connectivity index (χ1n) is 10.5. The molecule has 4 rings (SSSR count). The monoisotopic (exact) mass is 397 g/mol. The number of carbonyl (C=O) groups is 1. The predicted octanol–water partition coefficient (Wildman–Crippen LogP) is 5.65. The third-order valence-electron chi connectivity index (χ3n) is 5.85. The molecular formula is C27H27NO2. The van der Waals surface area contributed by atoms with Gasteiger partial charge in [-0.05, 0) is 42.0 Å². The Kier molecular flexibility index (Phi) is 5.71. The lowest BCUT2D eigenvalue weighted by Crippen LogP contribution is -2.32. The number of hydrogen-bond donors (Lipinski definition) is 1. The predicted molar refractivity (Wildman–Crippen MR) is 121 cm³/mol. The molecule has 0 saturated heterocycles. The largest absolute Gasteiger partial charge is 0.503 e. The van der Waals surface area contributed by atoms with Crippen LogP contribution in [0.1, 0.15) is 40.8 Å². The van der Waals surface area contributed by atoms with Gasteiger partial charge in [-0.2, -0.15) is 0 Å². The summed E-state index contributed by atoms with van der Waals surface area (Å²) in [5.74, 6) is -0.442. The highest BCUT2D eigenvalue weighted by atomic mass is 16.3. The maximum Gasteiger partial charge on any atom is 0.289 e. The molecule has 0 aliphatic carbocycles. The summed E-state index contributed by atoms with van der Waals surface area (Å²) < 4.78 is 0. The molecule has 1 aliphatic heterocycles. The standard InChI is InChI=1S/C27H27NO2/c1-3-20-11-15-23(16-12-20)25-24(22-13-9-19(2)10-14-22)26(29)27(30)28(25)18-17-21-7-5-4-6-8-21/h4-16,25,29H,3,17-18H2,1-2H3. The molecule has 0 fully saturated rings. The fourth-order valence-electron chi connectivity index (χ4n) is 4.09. The van der Waals surface area contributed by atoms with Crippen LogP contribution in [0.25, 0.3) is 5.57 Å². The van der Waals surface area contributed by atoms with Gasteiger partial charge in [0, 0.05) is 12.1 Å². The van der Waals surface area contributed by atoms with E-state index < -0.39 is 0 Å². The maximum absolute atomic E-state index is 13.1. The Labute approximate surface area is 178 Å². The molecule has 1 amide bonds. The van der Waals surface area contributed by atoms with Crippen LogP contribution in [0.2, 0.25) is 0 Å². The zero-order chi connectivity index (χ0) is 21.1. The van der Waals surface area contributed by atoms with Gasteiger partial charge in [0.2, 0.25) is 0 Å². The molecular weight excluding hydrogens is 370 g/mol. The van der Waals surface area contributed by atoms with E-state index in [9.17, 15) is 9.90 Å². The maximum atomic E-state index is 13.1. The molecule has 30 heavy (non-hydrogen) atoms.